The van der Waals surface area contributed by atoms with Crippen LogP contribution in [0.5, 0.6) is 0 Å². The van der Waals surface area contributed by atoms with Crippen LogP contribution in [-0.4, -0.2) is 5.01 Å². The molecule has 0 aliphatic rings. The van der Waals surface area contributed by atoms with Crippen molar-refractivity contribution in [2.75, 3.05) is 0 Å². The van der Waals surface area contributed by atoms with Crippen LogP contribution >= 0.6 is 0 Å². The van der Waals surface area contributed by atoms with Gasteiger partial charge in [0, 0.05) is 0 Å². The molecule has 0 saturated carbocycles. The lowest BCUT2D eigenvalue weighted by Crippen LogP contribution is -2.28. The maximum atomic E-state index is 6.10. The van der Waals surface area contributed by atoms with Gasteiger partial charge in [-0.05, 0) is 31.0 Å². The predicted octanol–water partition coefficient (Wildman–Crippen LogP) is 3.65. The van der Waals surface area contributed by atoms with Gasteiger partial charge in [0.15, 0.2) is 0 Å². The number of aryl methyl sites for hydroxylation is 2. The molecule has 0 aliphatic carbocycles. The Balaban J connectivity index is 2.09. The summed E-state index contributed by atoms with van der Waals surface area (Å²) < 4.78 is 0. The molecule has 2 heteroatoms. The van der Waals surface area contributed by atoms with Crippen LogP contribution < -0.4 is 5.84 Å². The predicted molar refractivity (Wildman–Crippen MR) is 81.1 cm³/mol. The highest BCUT2D eigenvalue weighted by Crippen LogP contribution is 2.18. The van der Waals surface area contributed by atoms with Crippen LogP contribution in [-0.2, 0) is 6.54 Å². The summed E-state index contributed by atoms with van der Waals surface area (Å²) in [5, 5.41) is 1.69. The van der Waals surface area contributed by atoms with Gasteiger partial charge in [0.2, 0.25) is 0 Å². The van der Waals surface area contributed by atoms with Crippen LogP contribution in [0, 0.1) is 13.8 Å². The first kappa shape index (κ1) is 13.4. The molecule has 0 amide bonds. The Morgan fingerprint density at radius 1 is 1.05 bits per heavy atom. The zero-order valence-corrected chi connectivity index (χ0v) is 11.6. The topological polar surface area (TPSA) is 29.3 Å². The second-order valence-electron chi connectivity index (χ2n) is 4.93. The average Bonchev–Trinajstić information content (AvgIpc) is 2.40. The summed E-state index contributed by atoms with van der Waals surface area (Å²) in [5.41, 5.74) is 5.55. The Morgan fingerprint density at radius 3 is 2.37 bits per heavy atom. The highest BCUT2D eigenvalue weighted by molar-refractivity contribution is 5.62. The third kappa shape index (κ3) is 3.46. The zero-order chi connectivity index (χ0) is 13.8. The van der Waals surface area contributed by atoms with Crippen molar-refractivity contribution in [3.8, 4) is 0 Å². The fraction of sp³-hybridized carbons (Fsp3) is 0.176. The van der Waals surface area contributed by atoms with E-state index < -0.39 is 0 Å². The lowest BCUT2D eigenvalue weighted by Gasteiger charge is -2.21. The van der Waals surface area contributed by atoms with Crippen LogP contribution in [0.25, 0.3) is 5.70 Å². The Morgan fingerprint density at radius 2 is 1.74 bits per heavy atom. The normalized spacial score (nSPS) is 10.3. The van der Waals surface area contributed by atoms with Gasteiger partial charge in [0.25, 0.3) is 0 Å². The summed E-state index contributed by atoms with van der Waals surface area (Å²) in [6, 6.07) is 16.6. The molecule has 0 fully saturated rings. The molecule has 2 N–H and O–H groups in total. The van der Waals surface area contributed by atoms with Crippen LogP contribution in [0.3, 0.4) is 0 Å². The van der Waals surface area contributed by atoms with Crippen LogP contribution in [0.1, 0.15) is 22.3 Å². The first-order valence-corrected chi connectivity index (χ1v) is 6.40. The molecule has 0 aliphatic heterocycles. The van der Waals surface area contributed by atoms with E-state index in [2.05, 4.69) is 56.8 Å². The summed E-state index contributed by atoms with van der Waals surface area (Å²) in [6.07, 6.45) is 0. The molecule has 2 nitrogen and oxygen atoms in total. The first-order valence-electron chi connectivity index (χ1n) is 6.40. The number of hydrogen-bond donors (Lipinski definition) is 1. The number of hydrogen-bond acceptors (Lipinski definition) is 2. The molecule has 98 valence electrons. The molecule has 2 aromatic rings. The Hall–Kier alpha value is -2.06. The molecule has 2 aromatic carbocycles. The van der Waals surface area contributed by atoms with Crippen molar-refractivity contribution in [1.29, 1.82) is 0 Å². The van der Waals surface area contributed by atoms with E-state index in [1.807, 2.05) is 12.1 Å². The van der Waals surface area contributed by atoms with E-state index in [4.69, 9.17) is 5.84 Å². The Kier molecular flexibility index (Phi) is 4.03. The minimum absolute atomic E-state index is 0.660. The third-order valence-electron chi connectivity index (χ3n) is 3.17. The number of hydrazine groups is 1. The first-order chi connectivity index (χ1) is 9.06. The van der Waals surface area contributed by atoms with Crippen LogP contribution in [0.15, 0.2) is 55.1 Å². The summed E-state index contributed by atoms with van der Waals surface area (Å²) >= 11 is 0. The minimum atomic E-state index is 0.660. The molecule has 0 saturated heterocycles. The van der Waals surface area contributed by atoms with E-state index in [9.17, 15) is 0 Å². The van der Waals surface area contributed by atoms with Crippen LogP contribution in [0.2, 0.25) is 0 Å². The molecule has 0 atom stereocenters. The lowest BCUT2D eigenvalue weighted by atomic mass is 10.1. The van der Waals surface area contributed by atoms with E-state index in [1.54, 1.807) is 5.01 Å². The van der Waals surface area contributed by atoms with Crippen molar-refractivity contribution in [1.82, 2.24) is 5.01 Å². The number of nitrogens with two attached hydrogens (primary N) is 1. The van der Waals surface area contributed by atoms with E-state index in [1.165, 1.54) is 16.7 Å². The highest BCUT2D eigenvalue weighted by atomic mass is 15.4. The second-order valence-corrected chi connectivity index (χ2v) is 4.93. The molecule has 0 unspecified atom stereocenters. The van der Waals surface area contributed by atoms with Gasteiger partial charge in [-0.15, -0.1) is 0 Å². The molecule has 0 heterocycles. The molecular weight excluding hydrogens is 232 g/mol. The Labute approximate surface area is 115 Å². The SMILES string of the molecule is C=C(c1cccc(C)c1)N(N)Cc1ccc(C)cc1. The van der Waals surface area contributed by atoms with E-state index in [0.717, 1.165) is 11.3 Å². The molecule has 0 aromatic heterocycles. The molecule has 2 rings (SSSR count). The summed E-state index contributed by atoms with van der Waals surface area (Å²) in [7, 11) is 0. The smallest absolute Gasteiger partial charge is 0.0592 e. The van der Waals surface area contributed by atoms with E-state index in [-0.39, 0.29) is 0 Å². The maximum absolute atomic E-state index is 6.10. The van der Waals surface area contributed by atoms with Gasteiger partial charge in [0.05, 0.1) is 12.2 Å². The quantitative estimate of drug-likeness (QED) is 0.665. The highest BCUT2D eigenvalue weighted by Gasteiger charge is 2.06. The minimum Gasteiger partial charge on any atom is -0.307 e. The largest absolute Gasteiger partial charge is 0.307 e. The van der Waals surface area contributed by atoms with Crippen molar-refractivity contribution >= 4 is 5.70 Å². The fourth-order valence-corrected chi connectivity index (χ4v) is 1.98. The van der Waals surface area contributed by atoms with Gasteiger partial charge >= 0.3 is 0 Å². The molecule has 19 heavy (non-hydrogen) atoms. The molecule has 0 radical (unpaired) electrons. The Bertz CT molecular complexity index is 570. The zero-order valence-electron chi connectivity index (χ0n) is 11.6. The van der Waals surface area contributed by atoms with Crippen LogP contribution in [0.4, 0.5) is 0 Å². The maximum Gasteiger partial charge on any atom is 0.0592 e. The van der Waals surface area contributed by atoms with Crippen molar-refractivity contribution in [3.05, 3.63) is 77.4 Å². The third-order valence-corrected chi connectivity index (χ3v) is 3.17. The summed E-state index contributed by atoms with van der Waals surface area (Å²) in [5.74, 6) is 6.10. The van der Waals surface area contributed by atoms with Crippen molar-refractivity contribution in [2.24, 2.45) is 5.84 Å². The van der Waals surface area contributed by atoms with E-state index in [0.29, 0.717) is 6.54 Å². The van der Waals surface area contributed by atoms with Gasteiger partial charge < -0.3 is 5.01 Å². The van der Waals surface area contributed by atoms with Crippen molar-refractivity contribution in [2.45, 2.75) is 20.4 Å². The average molecular weight is 252 g/mol. The number of benzene rings is 2. The van der Waals surface area contributed by atoms with Crippen molar-refractivity contribution in [3.63, 3.8) is 0 Å². The van der Waals surface area contributed by atoms with Gasteiger partial charge in [0.1, 0.15) is 0 Å². The van der Waals surface area contributed by atoms with Crippen molar-refractivity contribution < 1.29 is 0 Å². The van der Waals surface area contributed by atoms with Gasteiger partial charge in [-0.2, -0.15) is 0 Å². The number of rotatable bonds is 4. The standard InChI is InChI=1S/C17H20N2/c1-13-7-9-16(10-8-13)12-19(18)15(3)17-6-4-5-14(2)11-17/h4-11H,3,12,18H2,1-2H3. The summed E-state index contributed by atoms with van der Waals surface area (Å²) in [4.78, 5) is 0. The van der Waals surface area contributed by atoms with Gasteiger partial charge in [-0.1, -0.05) is 60.2 Å². The molecule has 0 spiro atoms. The fourth-order valence-electron chi connectivity index (χ4n) is 1.98. The molecular formula is C17H20N2. The summed E-state index contributed by atoms with van der Waals surface area (Å²) in [6.45, 7) is 8.89. The monoisotopic (exact) mass is 252 g/mol. The second kappa shape index (κ2) is 5.72. The van der Waals surface area contributed by atoms with Gasteiger partial charge in [-0.3, -0.25) is 0 Å². The number of nitrogens with zero attached hydrogens (tertiary/aromatic N) is 1. The molecule has 0 bridgehead atoms. The van der Waals surface area contributed by atoms with Gasteiger partial charge in [-0.25, -0.2) is 5.84 Å². The lowest BCUT2D eigenvalue weighted by molar-refractivity contribution is 0.411. The van der Waals surface area contributed by atoms with E-state index >= 15 is 0 Å².